The largest absolute Gasteiger partial charge is 0.398 e. The number of anilines is 2. The minimum atomic E-state index is -0.392. The number of nitrogen functional groups attached to an aromatic ring is 1. The van der Waals surface area contributed by atoms with E-state index in [1.54, 1.807) is 37.3 Å². The first-order valence-corrected chi connectivity index (χ1v) is 6.22. The van der Waals surface area contributed by atoms with Gasteiger partial charge in [0.2, 0.25) is 0 Å². The molecule has 1 aromatic heterocycles. The summed E-state index contributed by atoms with van der Waals surface area (Å²) in [7, 11) is 0. The number of carbonyl (C=O) groups excluding carboxylic acids is 2. The van der Waals surface area contributed by atoms with Crippen molar-refractivity contribution in [1.82, 2.24) is 4.98 Å². The van der Waals surface area contributed by atoms with Crippen LogP contribution in [0.15, 0.2) is 30.3 Å². The van der Waals surface area contributed by atoms with Crippen LogP contribution in [-0.4, -0.2) is 16.8 Å². The molecule has 2 heterocycles. The monoisotopic (exact) mass is 267 g/mol. The lowest BCUT2D eigenvalue weighted by atomic mass is 10.1. The molecule has 0 saturated carbocycles. The van der Waals surface area contributed by atoms with E-state index in [0.717, 1.165) is 10.6 Å². The number of imide groups is 1. The molecule has 3 rings (SSSR count). The van der Waals surface area contributed by atoms with Gasteiger partial charge in [0, 0.05) is 11.4 Å². The molecule has 0 atom stereocenters. The lowest BCUT2D eigenvalue weighted by Crippen LogP contribution is -2.30. The van der Waals surface area contributed by atoms with Crippen LogP contribution in [0.3, 0.4) is 0 Å². The molecule has 0 spiro atoms. The van der Waals surface area contributed by atoms with E-state index < -0.39 is 5.91 Å². The lowest BCUT2D eigenvalue weighted by Gasteiger charge is -2.16. The number of aryl methyl sites for hydroxylation is 2. The number of rotatable bonds is 1. The van der Waals surface area contributed by atoms with Crippen LogP contribution in [0, 0.1) is 13.8 Å². The normalized spacial score (nSPS) is 13.8. The molecular formula is C15H13N3O2. The average Bonchev–Trinajstić information content (AvgIpc) is 2.64. The van der Waals surface area contributed by atoms with E-state index in [2.05, 4.69) is 4.98 Å². The molecular weight excluding hydrogens is 254 g/mol. The first-order chi connectivity index (χ1) is 9.50. The van der Waals surface area contributed by atoms with E-state index in [1.165, 1.54) is 0 Å². The summed E-state index contributed by atoms with van der Waals surface area (Å²) in [5, 5.41) is 0. The molecule has 1 aromatic carbocycles. The van der Waals surface area contributed by atoms with Gasteiger partial charge in [-0.25, -0.2) is 4.90 Å². The molecule has 0 radical (unpaired) electrons. The molecule has 0 bridgehead atoms. The van der Waals surface area contributed by atoms with Crippen LogP contribution in [0.5, 0.6) is 0 Å². The van der Waals surface area contributed by atoms with Gasteiger partial charge in [0.05, 0.1) is 22.5 Å². The van der Waals surface area contributed by atoms with E-state index >= 15 is 0 Å². The number of carbonyl (C=O) groups is 2. The Morgan fingerprint density at radius 1 is 1.05 bits per heavy atom. The summed E-state index contributed by atoms with van der Waals surface area (Å²) >= 11 is 0. The number of nitrogens with two attached hydrogens (primary N) is 1. The molecule has 2 N–H and O–H groups in total. The van der Waals surface area contributed by atoms with Crippen molar-refractivity contribution in [3.05, 3.63) is 52.8 Å². The van der Waals surface area contributed by atoms with Crippen LogP contribution in [0.2, 0.25) is 0 Å². The Kier molecular flexibility index (Phi) is 2.57. The van der Waals surface area contributed by atoms with Gasteiger partial charge in [0.1, 0.15) is 0 Å². The Morgan fingerprint density at radius 3 is 2.45 bits per heavy atom. The number of fused-ring (bicyclic) bond motifs is 1. The summed E-state index contributed by atoms with van der Waals surface area (Å²) in [6, 6.07) is 8.41. The maximum absolute atomic E-state index is 12.5. The molecule has 2 amide bonds. The molecule has 5 heteroatoms. The summed E-state index contributed by atoms with van der Waals surface area (Å²) in [5.41, 5.74) is 8.72. The second-order valence-electron chi connectivity index (χ2n) is 4.77. The SMILES string of the molecule is Cc1ccc(N2C(=O)c3cccc(N)c3C2=O)c(C)n1. The predicted molar refractivity (Wildman–Crippen MR) is 75.7 cm³/mol. The van der Waals surface area contributed by atoms with Crippen molar-refractivity contribution < 1.29 is 9.59 Å². The quantitative estimate of drug-likeness (QED) is 0.634. The highest BCUT2D eigenvalue weighted by Gasteiger charge is 2.38. The van der Waals surface area contributed by atoms with Gasteiger partial charge in [-0.1, -0.05) is 6.07 Å². The smallest absolute Gasteiger partial charge is 0.268 e. The topological polar surface area (TPSA) is 76.3 Å². The van der Waals surface area contributed by atoms with Crippen molar-refractivity contribution in [3.8, 4) is 0 Å². The van der Waals surface area contributed by atoms with Gasteiger partial charge in [-0.05, 0) is 38.1 Å². The Balaban J connectivity index is 2.17. The van der Waals surface area contributed by atoms with Crippen molar-refractivity contribution in [1.29, 1.82) is 0 Å². The predicted octanol–water partition coefficient (Wildman–Crippen LogP) is 2.08. The fourth-order valence-electron chi connectivity index (χ4n) is 2.45. The van der Waals surface area contributed by atoms with Gasteiger partial charge in [0.15, 0.2) is 0 Å². The third-order valence-corrected chi connectivity index (χ3v) is 3.39. The number of hydrogen-bond donors (Lipinski definition) is 1. The third-order valence-electron chi connectivity index (χ3n) is 3.39. The van der Waals surface area contributed by atoms with Gasteiger partial charge in [-0.2, -0.15) is 0 Å². The van der Waals surface area contributed by atoms with Gasteiger partial charge in [-0.15, -0.1) is 0 Å². The Hall–Kier alpha value is -2.69. The van der Waals surface area contributed by atoms with Crippen LogP contribution in [0.25, 0.3) is 0 Å². The summed E-state index contributed by atoms with van der Waals surface area (Å²) in [4.78, 5) is 30.3. The van der Waals surface area contributed by atoms with Crippen molar-refractivity contribution in [2.75, 3.05) is 10.6 Å². The number of aromatic nitrogens is 1. The lowest BCUT2D eigenvalue weighted by molar-refractivity contribution is 0.0926. The zero-order chi connectivity index (χ0) is 14.4. The number of nitrogens with zero attached hydrogens (tertiary/aromatic N) is 2. The van der Waals surface area contributed by atoms with E-state index in [9.17, 15) is 9.59 Å². The molecule has 2 aromatic rings. The van der Waals surface area contributed by atoms with Crippen LogP contribution >= 0.6 is 0 Å². The first kappa shape index (κ1) is 12.3. The molecule has 0 fully saturated rings. The number of benzene rings is 1. The van der Waals surface area contributed by atoms with Crippen LogP contribution in [0.1, 0.15) is 32.1 Å². The zero-order valence-corrected chi connectivity index (χ0v) is 11.2. The van der Waals surface area contributed by atoms with Gasteiger partial charge >= 0.3 is 0 Å². The van der Waals surface area contributed by atoms with Crippen LogP contribution < -0.4 is 10.6 Å². The fraction of sp³-hybridized carbons (Fsp3) is 0.133. The summed E-state index contributed by atoms with van der Waals surface area (Å²) in [5.74, 6) is -0.747. The summed E-state index contributed by atoms with van der Waals surface area (Å²) in [6.07, 6.45) is 0. The first-order valence-electron chi connectivity index (χ1n) is 6.22. The van der Waals surface area contributed by atoms with Gasteiger partial charge in [-0.3, -0.25) is 14.6 Å². The molecule has 100 valence electrons. The second kappa shape index (κ2) is 4.16. The number of amides is 2. The fourth-order valence-corrected chi connectivity index (χ4v) is 2.45. The van der Waals surface area contributed by atoms with Gasteiger partial charge < -0.3 is 5.73 Å². The van der Waals surface area contributed by atoms with Crippen molar-refractivity contribution >= 4 is 23.2 Å². The number of hydrogen-bond acceptors (Lipinski definition) is 4. The maximum Gasteiger partial charge on any atom is 0.268 e. The molecule has 5 nitrogen and oxygen atoms in total. The maximum atomic E-state index is 12.5. The van der Waals surface area contributed by atoms with Crippen molar-refractivity contribution in [2.24, 2.45) is 0 Å². The van der Waals surface area contributed by atoms with Crippen LogP contribution in [0.4, 0.5) is 11.4 Å². The molecule has 1 aliphatic heterocycles. The molecule has 0 aliphatic carbocycles. The summed E-state index contributed by atoms with van der Waals surface area (Å²) < 4.78 is 0. The molecule has 1 aliphatic rings. The third kappa shape index (κ3) is 1.60. The zero-order valence-electron chi connectivity index (χ0n) is 11.2. The van der Waals surface area contributed by atoms with E-state index in [4.69, 9.17) is 5.73 Å². The average molecular weight is 267 g/mol. The minimum Gasteiger partial charge on any atom is -0.398 e. The standard InChI is InChI=1S/C15H13N3O2/c1-8-6-7-12(9(2)17-8)18-14(19)10-4-3-5-11(16)13(10)15(18)20/h3-7H,16H2,1-2H3. The number of pyridine rings is 1. The minimum absolute atomic E-state index is 0.275. The van der Waals surface area contributed by atoms with Crippen molar-refractivity contribution in [2.45, 2.75) is 13.8 Å². The van der Waals surface area contributed by atoms with Crippen molar-refractivity contribution in [3.63, 3.8) is 0 Å². The Morgan fingerprint density at radius 2 is 1.80 bits per heavy atom. The molecule has 0 saturated heterocycles. The second-order valence-corrected chi connectivity index (χ2v) is 4.77. The molecule has 0 unspecified atom stereocenters. The Bertz CT molecular complexity index is 753. The van der Waals surface area contributed by atoms with E-state index in [-0.39, 0.29) is 11.5 Å². The molecule has 20 heavy (non-hydrogen) atoms. The highest BCUT2D eigenvalue weighted by atomic mass is 16.2. The highest BCUT2D eigenvalue weighted by molar-refractivity contribution is 6.36. The Labute approximate surface area is 116 Å². The van der Waals surface area contributed by atoms with E-state index in [1.807, 2.05) is 6.92 Å². The van der Waals surface area contributed by atoms with E-state index in [0.29, 0.717) is 22.6 Å². The summed E-state index contributed by atoms with van der Waals surface area (Å²) in [6.45, 7) is 3.63. The highest BCUT2D eigenvalue weighted by Crippen LogP contribution is 2.32. The van der Waals surface area contributed by atoms with Crippen LogP contribution in [-0.2, 0) is 0 Å². The van der Waals surface area contributed by atoms with Gasteiger partial charge in [0.25, 0.3) is 11.8 Å².